The second-order valence-corrected chi connectivity index (χ2v) is 4.52. The first kappa shape index (κ1) is 11.6. The highest BCUT2D eigenvalue weighted by molar-refractivity contribution is 6.05. The van der Waals surface area contributed by atoms with Gasteiger partial charge in [-0.15, -0.1) is 0 Å². The maximum Gasteiger partial charge on any atom is 0.327 e. The van der Waals surface area contributed by atoms with Gasteiger partial charge in [0.2, 0.25) is 0 Å². The SMILES string of the molecule is O=C1NC=NC2N=C(c3nc4[nH]c(=O)[nH]c(=O)c4[nH]3)NC12. The summed E-state index contributed by atoms with van der Waals surface area (Å²) in [4.78, 5) is 54.1. The molecule has 2 unspecified atom stereocenters. The van der Waals surface area contributed by atoms with Gasteiger partial charge in [-0.1, -0.05) is 0 Å². The second kappa shape index (κ2) is 3.88. The number of aromatic amines is 3. The van der Waals surface area contributed by atoms with Crippen molar-refractivity contribution in [2.45, 2.75) is 12.2 Å². The normalized spacial score (nSPS) is 23.6. The lowest BCUT2D eigenvalue weighted by atomic mass is 10.2. The van der Waals surface area contributed by atoms with Gasteiger partial charge in [-0.2, -0.15) is 0 Å². The van der Waals surface area contributed by atoms with Crippen molar-refractivity contribution in [1.82, 2.24) is 30.6 Å². The molecule has 0 saturated carbocycles. The van der Waals surface area contributed by atoms with E-state index in [1.54, 1.807) is 0 Å². The van der Waals surface area contributed by atoms with Gasteiger partial charge < -0.3 is 15.6 Å². The Bertz CT molecular complexity index is 932. The van der Waals surface area contributed by atoms with Crippen molar-refractivity contribution in [2.24, 2.45) is 9.98 Å². The highest BCUT2D eigenvalue weighted by Crippen LogP contribution is 2.14. The van der Waals surface area contributed by atoms with Crippen LogP contribution >= 0.6 is 0 Å². The number of hydrogen-bond donors (Lipinski definition) is 5. The molecule has 0 fully saturated rings. The average Bonchev–Trinajstić information content (AvgIpc) is 3.02. The van der Waals surface area contributed by atoms with Gasteiger partial charge in [-0.25, -0.2) is 19.8 Å². The summed E-state index contributed by atoms with van der Waals surface area (Å²) in [5, 5.41) is 5.35. The van der Waals surface area contributed by atoms with E-state index in [-0.39, 0.29) is 22.9 Å². The summed E-state index contributed by atoms with van der Waals surface area (Å²) in [7, 11) is 0. The molecule has 4 heterocycles. The van der Waals surface area contributed by atoms with Gasteiger partial charge in [-0.3, -0.25) is 19.6 Å². The molecule has 0 aromatic carbocycles. The van der Waals surface area contributed by atoms with Crippen LogP contribution in [0.4, 0.5) is 0 Å². The van der Waals surface area contributed by atoms with Crippen molar-refractivity contribution in [3.05, 3.63) is 26.7 Å². The highest BCUT2D eigenvalue weighted by Gasteiger charge is 2.37. The second-order valence-electron chi connectivity index (χ2n) is 4.52. The summed E-state index contributed by atoms with van der Waals surface area (Å²) in [6, 6.07) is -0.615. The number of H-pyrrole nitrogens is 3. The smallest absolute Gasteiger partial charge is 0.327 e. The molecular weight excluding hydrogens is 280 g/mol. The Morgan fingerprint density at radius 1 is 1.10 bits per heavy atom. The van der Waals surface area contributed by atoms with Crippen molar-refractivity contribution >= 4 is 29.2 Å². The summed E-state index contributed by atoms with van der Waals surface area (Å²) in [5.74, 6) is 0.293. The summed E-state index contributed by atoms with van der Waals surface area (Å²) in [6.45, 7) is 0. The third kappa shape index (κ3) is 1.67. The molecular formula is C10H8N8O3. The fourth-order valence-corrected chi connectivity index (χ4v) is 2.23. The molecule has 1 amide bonds. The number of amides is 1. The van der Waals surface area contributed by atoms with Crippen molar-refractivity contribution in [3.63, 3.8) is 0 Å². The van der Waals surface area contributed by atoms with Crippen molar-refractivity contribution < 1.29 is 4.79 Å². The van der Waals surface area contributed by atoms with Crippen LogP contribution in [0.2, 0.25) is 0 Å². The van der Waals surface area contributed by atoms with Gasteiger partial charge in [0.05, 0.1) is 6.34 Å². The number of nitrogens with zero attached hydrogens (tertiary/aromatic N) is 3. The maximum absolute atomic E-state index is 11.7. The van der Waals surface area contributed by atoms with Gasteiger partial charge in [0.15, 0.2) is 29.5 Å². The fourth-order valence-electron chi connectivity index (χ4n) is 2.23. The number of rotatable bonds is 1. The molecule has 11 heteroatoms. The number of fused-ring (bicyclic) bond motifs is 2. The molecule has 0 aliphatic carbocycles. The highest BCUT2D eigenvalue weighted by atomic mass is 16.2. The van der Waals surface area contributed by atoms with E-state index in [1.807, 2.05) is 0 Å². The summed E-state index contributed by atoms with van der Waals surface area (Å²) in [5.41, 5.74) is -0.994. The number of imidazole rings is 1. The number of nitrogens with one attached hydrogen (secondary N) is 5. The van der Waals surface area contributed by atoms with Crippen molar-refractivity contribution in [2.75, 3.05) is 0 Å². The number of carbonyl (C=O) groups is 1. The third-order valence-corrected chi connectivity index (χ3v) is 3.18. The number of aromatic nitrogens is 4. The zero-order valence-electron chi connectivity index (χ0n) is 10.3. The lowest BCUT2D eigenvalue weighted by Gasteiger charge is -2.17. The largest absolute Gasteiger partial charge is 0.352 e. The molecule has 0 saturated heterocycles. The minimum Gasteiger partial charge on any atom is -0.352 e. The van der Waals surface area contributed by atoms with E-state index in [0.29, 0.717) is 5.84 Å². The topological polar surface area (TPSA) is 160 Å². The van der Waals surface area contributed by atoms with Crippen LogP contribution in [0, 0.1) is 0 Å². The molecule has 2 aromatic heterocycles. The third-order valence-electron chi connectivity index (χ3n) is 3.18. The van der Waals surface area contributed by atoms with Crippen LogP contribution in [0.1, 0.15) is 5.82 Å². The van der Waals surface area contributed by atoms with E-state index in [9.17, 15) is 14.4 Å². The fraction of sp³-hybridized carbons (Fsp3) is 0.200. The molecule has 0 spiro atoms. The van der Waals surface area contributed by atoms with Gasteiger partial charge in [0.25, 0.3) is 11.5 Å². The molecule has 2 atom stereocenters. The van der Waals surface area contributed by atoms with Crippen LogP contribution in [0.5, 0.6) is 0 Å². The number of hydrogen-bond acceptors (Lipinski definition) is 7. The number of amidine groups is 1. The molecule has 2 aromatic rings. The molecule has 11 nitrogen and oxygen atoms in total. The molecule has 0 radical (unpaired) electrons. The average molecular weight is 288 g/mol. The van der Waals surface area contributed by atoms with Gasteiger partial charge in [0, 0.05) is 0 Å². The summed E-state index contributed by atoms with van der Waals surface area (Å²) in [6.07, 6.45) is 0.720. The monoisotopic (exact) mass is 288 g/mol. The van der Waals surface area contributed by atoms with E-state index < -0.39 is 23.5 Å². The van der Waals surface area contributed by atoms with Gasteiger partial charge in [0.1, 0.15) is 5.52 Å². The van der Waals surface area contributed by atoms with Gasteiger partial charge in [-0.05, 0) is 0 Å². The quantitative estimate of drug-likeness (QED) is 0.381. The molecule has 2 aliphatic heterocycles. The van der Waals surface area contributed by atoms with E-state index in [0.717, 1.165) is 0 Å². The van der Waals surface area contributed by atoms with Crippen LogP contribution < -0.4 is 21.9 Å². The van der Waals surface area contributed by atoms with Crippen molar-refractivity contribution in [3.8, 4) is 0 Å². The van der Waals surface area contributed by atoms with Gasteiger partial charge >= 0.3 is 5.69 Å². The first-order valence-electron chi connectivity index (χ1n) is 6.01. The van der Waals surface area contributed by atoms with E-state index in [1.165, 1.54) is 6.34 Å². The Labute approximate surface area is 114 Å². The standard InChI is InChI=1S/C10H8N8O3/c19-8-2-4(11-1-12-8)15-6(13-2)7-14-3-5(16-7)17-10(21)18-9(3)20/h1-2,4H,(H,13,15)(H,11,12,19)(H3,14,16,17,18,20,21). The Balaban J connectivity index is 1.80. The Kier molecular flexibility index (Phi) is 2.14. The molecule has 4 rings (SSSR count). The van der Waals surface area contributed by atoms with Crippen LogP contribution in [0.3, 0.4) is 0 Å². The lowest BCUT2D eigenvalue weighted by Crippen LogP contribution is -2.50. The molecule has 21 heavy (non-hydrogen) atoms. The Hall–Kier alpha value is -3.24. The summed E-state index contributed by atoms with van der Waals surface area (Å²) < 4.78 is 0. The van der Waals surface area contributed by atoms with E-state index >= 15 is 0 Å². The predicted octanol–water partition coefficient (Wildman–Crippen LogP) is -2.86. The number of carbonyl (C=O) groups excluding carboxylic acids is 1. The van der Waals surface area contributed by atoms with E-state index in [2.05, 4.69) is 40.6 Å². The van der Waals surface area contributed by atoms with E-state index in [4.69, 9.17) is 0 Å². The minimum absolute atomic E-state index is 0.117. The Morgan fingerprint density at radius 2 is 1.95 bits per heavy atom. The number of aliphatic imine (C=N–C) groups is 2. The predicted molar refractivity (Wildman–Crippen MR) is 71.2 cm³/mol. The van der Waals surface area contributed by atoms with Crippen molar-refractivity contribution in [1.29, 1.82) is 0 Å². The summed E-state index contributed by atoms with van der Waals surface area (Å²) >= 11 is 0. The van der Waals surface area contributed by atoms with Crippen LogP contribution in [-0.4, -0.2) is 50.2 Å². The molecule has 5 N–H and O–H groups in total. The van der Waals surface area contributed by atoms with Crippen LogP contribution in [0.15, 0.2) is 19.6 Å². The zero-order chi connectivity index (χ0) is 14.6. The van der Waals surface area contributed by atoms with Crippen LogP contribution in [-0.2, 0) is 4.79 Å². The lowest BCUT2D eigenvalue weighted by molar-refractivity contribution is -0.121. The molecule has 0 bridgehead atoms. The molecule has 2 aliphatic rings. The van der Waals surface area contributed by atoms with Crippen LogP contribution in [0.25, 0.3) is 11.2 Å². The maximum atomic E-state index is 11.7. The zero-order valence-corrected chi connectivity index (χ0v) is 10.3. The first-order valence-corrected chi connectivity index (χ1v) is 6.01. The Morgan fingerprint density at radius 3 is 2.76 bits per heavy atom. The minimum atomic E-state index is -0.649. The first-order chi connectivity index (χ1) is 10.1. The molecule has 106 valence electrons.